The minimum atomic E-state index is 0.404. The molecule has 1 saturated carbocycles. The van der Waals surface area contributed by atoms with Crippen LogP contribution in [-0.2, 0) is 0 Å². The van der Waals surface area contributed by atoms with Crippen LogP contribution in [0.25, 0.3) is 0 Å². The molecule has 0 atom stereocenters. The first-order valence-corrected chi connectivity index (χ1v) is 10.9. The molecule has 1 aliphatic carbocycles. The first-order chi connectivity index (χ1) is 12.7. The second-order valence-corrected chi connectivity index (χ2v) is 8.49. The van der Waals surface area contributed by atoms with Crippen LogP contribution in [-0.4, -0.2) is 53.2 Å². The van der Waals surface area contributed by atoms with E-state index < -0.39 is 0 Å². The Kier molecular flexibility index (Phi) is 7.16. The number of nitrogens with one attached hydrogen (secondary N) is 1. The summed E-state index contributed by atoms with van der Waals surface area (Å²) in [7, 11) is 0. The molecule has 142 valence electrons. The molecule has 0 amide bonds. The molecule has 5 nitrogen and oxygen atoms in total. The summed E-state index contributed by atoms with van der Waals surface area (Å²) in [6.45, 7) is 6.61. The molecule has 1 aliphatic heterocycles. The molecule has 3 rings (SSSR count). The van der Waals surface area contributed by atoms with Crippen LogP contribution >= 0.6 is 24.0 Å². The van der Waals surface area contributed by atoms with Gasteiger partial charge in [0, 0.05) is 43.6 Å². The molecular weight excluding hydrogens is 362 g/mol. The quantitative estimate of drug-likeness (QED) is 0.465. The number of nitrogens with two attached hydrogens (primary N) is 1. The van der Waals surface area contributed by atoms with Crippen LogP contribution in [0.5, 0.6) is 0 Å². The second-order valence-electron chi connectivity index (χ2n) is 6.82. The molecule has 0 bridgehead atoms. The number of anilines is 2. The van der Waals surface area contributed by atoms with Crippen LogP contribution in [0.2, 0.25) is 0 Å². The van der Waals surface area contributed by atoms with E-state index in [-0.39, 0.29) is 0 Å². The van der Waals surface area contributed by atoms with Crippen molar-refractivity contribution in [2.45, 2.75) is 38.6 Å². The second kappa shape index (κ2) is 9.58. The number of thiocarbonyl (C=S) groups is 1. The van der Waals surface area contributed by atoms with E-state index in [4.69, 9.17) is 18.0 Å². The lowest BCUT2D eigenvalue weighted by atomic mass is 10.1. The van der Waals surface area contributed by atoms with Crippen molar-refractivity contribution in [2.75, 3.05) is 42.1 Å². The average Bonchev–Trinajstić information content (AvgIpc) is 3.17. The molecule has 0 spiro atoms. The van der Waals surface area contributed by atoms with E-state index in [0.29, 0.717) is 10.3 Å². The normalized spacial score (nSPS) is 19.7. The van der Waals surface area contributed by atoms with Gasteiger partial charge in [0.05, 0.1) is 0 Å². The van der Waals surface area contributed by atoms with E-state index in [0.717, 1.165) is 30.6 Å². The SMILES string of the molecule is CCS/C(N)=N/C(=S)Nc1ccc(N2CCN(C3CCCC3)CC2)cc1. The van der Waals surface area contributed by atoms with Gasteiger partial charge in [0.25, 0.3) is 0 Å². The van der Waals surface area contributed by atoms with Crippen LogP contribution in [0.4, 0.5) is 11.4 Å². The largest absolute Gasteiger partial charge is 0.378 e. The van der Waals surface area contributed by atoms with Crippen molar-refractivity contribution >= 4 is 45.6 Å². The summed E-state index contributed by atoms with van der Waals surface area (Å²) in [5.74, 6) is 0.890. The summed E-state index contributed by atoms with van der Waals surface area (Å²) in [6, 6.07) is 9.27. The van der Waals surface area contributed by atoms with Gasteiger partial charge in [-0.25, -0.2) is 0 Å². The van der Waals surface area contributed by atoms with Crippen molar-refractivity contribution in [3.8, 4) is 0 Å². The van der Waals surface area contributed by atoms with Crippen molar-refractivity contribution < 1.29 is 0 Å². The van der Waals surface area contributed by atoms with E-state index in [1.807, 2.05) is 6.92 Å². The fourth-order valence-corrected chi connectivity index (χ4v) is 4.53. The number of hydrogen-bond donors (Lipinski definition) is 2. The molecule has 2 aliphatic rings. The molecule has 1 aromatic rings. The van der Waals surface area contributed by atoms with E-state index >= 15 is 0 Å². The van der Waals surface area contributed by atoms with Gasteiger partial charge in [-0.1, -0.05) is 31.5 Å². The standard InChI is InChI=1S/C19H29N5S2/c1-2-26-18(20)22-19(25)21-15-7-9-17(10-8-15)24-13-11-23(12-14-24)16-5-3-4-6-16/h7-10,16H,2-6,11-14H2,1H3,(H3,20,21,22,25). The number of nitrogens with zero attached hydrogens (tertiary/aromatic N) is 3. The Bertz CT molecular complexity index is 617. The third-order valence-corrected chi connectivity index (χ3v) is 6.01. The van der Waals surface area contributed by atoms with Crippen molar-refractivity contribution in [1.29, 1.82) is 0 Å². The van der Waals surface area contributed by atoms with Crippen LogP contribution in [0.3, 0.4) is 0 Å². The highest BCUT2D eigenvalue weighted by Gasteiger charge is 2.26. The van der Waals surface area contributed by atoms with Crippen LogP contribution in [0, 0.1) is 0 Å². The number of aliphatic imine (C=N–C) groups is 1. The zero-order valence-corrected chi connectivity index (χ0v) is 17.1. The number of amidine groups is 1. The minimum Gasteiger partial charge on any atom is -0.378 e. The van der Waals surface area contributed by atoms with Gasteiger partial charge in [-0.05, 0) is 55.1 Å². The van der Waals surface area contributed by atoms with E-state index in [9.17, 15) is 0 Å². The first-order valence-electron chi connectivity index (χ1n) is 9.52. The highest BCUT2D eigenvalue weighted by molar-refractivity contribution is 8.13. The number of thioether (sulfide) groups is 1. The zero-order chi connectivity index (χ0) is 18.4. The Morgan fingerprint density at radius 1 is 1.19 bits per heavy atom. The molecule has 3 N–H and O–H groups in total. The maximum atomic E-state index is 5.79. The van der Waals surface area contributed by atoms with Crippen molar-refractivity contribution in [1.82, 2.24) is 4.90 Å². The van der Waals surface area contributed by atoms with Crippen LogP contribution in [0.15, 0.2) is 29.3 Å². The Balaban J connectivity index is 1.50. The monoisotopic (exact) mass is 391 g/mol. The lowest BCUT2D eigenvalue weighted by Gasteiger charge is -2.39. The van der Waals surface area contributed by atoms with Crippen molar-refractivity contribution in [2.24, 2.45) is 10.7 Å². The third kappa shape index (κ3) is 5.34. The Hall–Kier alpha value is -1.31. The number of rotatable bonds is 4. The van der Waals surface area contributed by atoms with Crippen molar-refractivity contribution in [3.63, 3.8) is 0 Å². The summed E-state index contributed by atoms with van der Waals surface area (Å²) in [5, 5.41) is 4.04. The highest BCUT2D eigenvalue weighted by atomic mass is 32.2. The molecule has 0 unspecified atom stereocenters. The van der Waals surface area contributed by atoms with Gasteiger partial charge in [-0.3, -0.25) is 4.90 Å². The number of benzene rings is 1. The van der Waals surface area contributed by atoms with Gasteiger partial charge in [0.15, 0.2) is 10.3 Å². The molecule has 2 fully saturated rings. The van der Waals surface area contributed by atoms with E-state index in [1.165, 1.54) is 56.2 Å². The summed E-state index contributed by atoms with van der Waals surface area (Å²) in [6.07, 6.45) is 5.61. The minimum absolute atomic E-state index is 0.404. The lowest BCUT2D eigenvalue weighted by Crippen LogP contribution is -2.49. The molecule has 1 saturated heterocycles. The average molecular weight is 392 g/mol. The number of hydrogen-bond acceptors (Lipinski definition) is 4. The Labute approximate surface area is 166 Å². The third-order valence-electron chi connectivity index (χ3n) is 5.14. The summed E-state index contributed by atoms with van der Waals surface area (Å²) < 4.78 is 0. The predicted molar refractivity (Wildman–Crippen MR) is 118 cm³/mol. The van der Waals surface area contributed by atoms with Crippen LogP contribution in [0.1, 0.15) is 32.6 Å². The fraction of sp³-hybridized carbons (Fsp3) is 0.579. The number of piperazine rings is 1. The topological polar surface area (TPSA) is 56.9 Å². The predicted octanol–water partition coefficient (Wildman–Crippen LogP) is 3.52. The van der Waals surface area contributed by atoms with Gasteiger partial charge in [-0.15, -0.1) is 0 Å². The zero-order valence-electron chi connectivity index (χ0n) is 15.5. The molecule has 1 heterocycles. The molecule has 26 heavy (non-hydrogen) atoms. The molecule has 0 aromatic heterocycles. The summed E-state index contributed by atoms with van der Waals surface area (Å²) >= 11 is 6.73. The van der Waals surface area contributed by atoms with E-state index in [1.54, 1.807) is 0 Å². The smallest absolute Gasteiger partial charge is 0.199 e. The van der Waals surface area contributed by atoms with Gasteiger partial charge < -0.3 is 16.0 Å². The first kappa shape index (κ1) is 19.5. The van der Waals surface area contributed by atoms with Gasteiger partial charge in [0.1, 0.15) is 0 Å². The van der Waals surface area contributed by atoms with Gasteiger partial charge >= 0.3 is 0 Å². The Morgan fingerprint density at radius 3 is 2.46 bits per heavy atom. The molecular formula is C19H29N5S2. The van der Waals surface area contributed by atoms with Crippen LogP contribution < -0.4 is 16.0 Å². The highest BCUT2D eigenvalue weighted by Crippen LogP contribution is 2.26. The Morgan fingerprint density at radius 2 is 1.85 bits per heavy atom. The molecule has 0 radical (unpaired) electrons. The summed E-state index contributed by atoms with van der Waals surface area (Å²) in [5.41, 5.74) is 8.01. The van der Waals surface area contributed by atoms with Crippen molar-refractivity contribution in [3.05, 3.63) is 24.3 Å². The maximum absolute atomic E-state index is 5.79. The van der Waals surface area contributed by atoms with E-state index in [2.05, 4.69) is 44.4 Å². The van der Waals surface area contributed by atoms with Gasteiger partial charge in [0.2, 0.25) is 0 Å². The lowest BCUT2D eigenvalue weighted by molar-refractivity contribution is 0.187. The fourth-order valence-electron chi connectivity index (χ4n) is 3.80. The molecule has 1 aromatic carbocycles. The summed E-state index contributed by atoms with van der Waals surface area (Å²) in [4.78, 5) is 9.34. The molecule has 7 heteroatoms. The maximum Gasteiger partial charge on any atom is 0.199 e. The van der Waals surface area contributed by atoms with Gasteiger partial charge in [-0.2, -0.15) is 4.99 Å².